The van der Waals surface area contributed by atoms with Crippen molar-refractivity contribution in [1.29, 1.82) is 0 Å². The summed E-state index contributed by atoms with van der Waals surface area (Å²) in [6, 6.07) is 14.9. The second-order valence-electron chi connectivity index (χ2n) is 3.92. The van der Waals surface area contributed by atoms with Crippen LogP contribution in [-0.4, -0.2) is 6.54 Å². The van der Waals surface area contributed by atoms with E-state index in [1.807, 2.05) is 6.08 Å². The van der Waals surface area contributed by atoms with Crippen LogP contribution in [0.5, 0.6) is 0 Å². The van der Waals surface area contributed by atoms with Gasteiger partial charge in [-0.1, -0.05) is 36.4 Å². The Morgan fingerprint density at radius 1 is 1.06 bits per heavy atom. The van der Waals surface area contributed by atoms with E-state index >= 15 is 0 Å². The lowest BCUT2D eigenvalue weighted by Gasteiger charge is -2.06. The van der Waals surface area contributed by atoms with Crippen LogP contribution in [0.1, 0.15) is 12.8 Å². The Bertz CT molecular complexity index is 474. The zero-order chi connectivity index (χ0) is 11.2. The van der Waals surface area contributed by atoms with Crippen molar-refractivity contribution in [2.45, 2.75) is 12.8 Å². The Morgan fingerprint density at radius 3 is 2.69 bits per heavy atom. The number of fused-ring (bicyclic) bond motifs is 1. The highest BCUT2D eigenvalue weighted by atomic mass is 14.9. The van der Waals surface area contributed by atoms with Crippen LogP contribution < -0.4 is 5.32 Å². The van der Waals surface area contributed by atoms with Crippen LogP contribution in [0.15, 0.2) is 55.1 Å². The molecule has 0 saturated carbocycles. The molecule has 0 radical (unpaired) electrons. The Labute approximate surface area is 96.8 Å². The highest BCUT2D eigenvalue weighted by Crippen LogP contribution is 2.18. The number of allylic oxidation sites excluding steroid dienone is 1. The molecule has 0 fully saturated rings. The fourth-order valence-electron chi connectivity index (χ4n) is 1.78. The van der Waals surface area contributed by atoms with E-state index in [0.29, 0.717) is 0 Å². The van der Waals surface area contributed by atoms with Crippen molar-refractivity contribution in [2.24, 2.45) is 0 Å². The van der Waals surface area contributed by atoms with E-state index in [4.69, 9.17) is 0 Å². The van der Waals surface area contributed by atoms with Crippen LogP contribution in [0, 0.1) is 0 Å². The van der Waals surface area contributed by atoms with Gasteiger partial charge in [0.05, 0.1) is 0 Å². The van der Waals surface area contributed by atoms with Gasteiger partial charge in [0.15, 0.2) is 0 Å². The molecule has 0 spiro atoms. The SMILES string of the molecule is C=CCCCNc1ccc2ccccc2c1. The maximum Gasteiger partial charge on any atom is 0.0346 e. The van der Waals surface area contributed by atoms with Gasteiger partial charge in [-0.2, -0.15) is 0 Å². The van der Waals surface area contributed by atoms with Crippen LogP contribution >= 0.6 is 0 Å². The molecule has 1 heteroatoms. The second kappa shape index (κ2) is 5.36. The molecule has 1 N–H and O–H groups in total. The molecule has 82 valence electrons. The summed E-state index contributed by atoms with van der Waals surface area (Å²) in [5, 5.41) is 6.00. The normalized spacial score (nSPS) is 10.2. The molecule has 2 aromatic rings. The lowest BCUT2D eigenvalue weighted by atomic mass is 10.1. The van der Waals surface area contributed by atoms with Gasteiger partial charge in [-0.3, -0.25) is 0 Å². The van der Waals surface area contributed by atoms with E-state index in [1.165, 1.54) is 16.5 Å². The molecule has 0 amide bonds. The maximum absolute atomic E-state index is 3.72. The lowest BCUT2D eigenvalue weighted by molar-refractivity contribution is 0.891. The molecule has 0 aliphatic carbocycles. The number of anilines is 1. The third-order valence-electron chi connectivity index (χ3n) is 2.66. The zero-order valence-electron chi connectivity index (χ0n) is 9.45. The van der Waals surface area contributed by atoms with Gasteiger partial charge in [0.1, 0.15) is 0 Å². The monoisotopic (exact) mass is 211 g/mol. The summed E-state index contributed by atoms with van der Waals surface area (Å²) in [5.74, 6) is 0. The molecular weight excluding hydrogens is 194 g/mol. The van der Waals surface area contributed by atoms with Crippen LogP contribution in [0.2, 0.25) is 0 Å². The van der Waals surface area contributed by atoms with Gasteiger partial charge in [0.2, 0.25) is 0 Å². The number of nitrogens with one attached hydrogen (secondary N) is 1. The molecule has 0 bridgehead atoms. The number of hydrogen-bond donors (Lipinski definition) is 1. The standard InChI is InChI=1S/C15H17N/c1-2-3-6-11-16-15-10-9-13-7-4-5-8-14(13)12-15/h2,4-5,7-10,12,16H,1,3,6,11H2. The first-order valence-corrected chi connectivity index (χ1v) is 5.74. The van der Waals surface area contributed by atoms with Crippen molar-refractivity contribution >= 4 is 16.5 Å². The number of rotatable bonds is 5. The van der Waals surface area contributed by atoms with Gasteiger partial charge in [0.25, 0.3) is 0 Å². The molecule has 0 heterocycles. The van der Waals surface area contributed by atoms with Crippen LogP contribution in [0.3, 0.4) is 0 Å². The minimum absolute atomic E-state index is 1.00. The minimum Gasteiger partial charge on any atom is -0.385 e. The molecule has 0 aromatic heterocycles. The quantitative estimate of drug-likeness (QED) is 0.577. The van der Waals surface area contributed by atoms with Crippen molar-refractivity contribution in [1.82, 2.24) is 0 Å². The predicted octanol–water partition coefficient (Wildman–Crippen LogP) is 4.22. The molecule has 1 nitrogen and oxygen atoms in total. The van der Waals surface area contributed by atoms with Crippen molar-refractivity contribution < 1.29 is 0 Å². The summed E-state index contributed by atoms with van der Waals surface area (Å²) in [4.78, 5) is 0. The summed E-state index contributed by atoms with van der Waals surface area (Å²) in [6.07, 6.45) is 4.17. The highest BCUT2D eigenvalue weighted by Gasteiger charge is 1.94. The Morgan fingerprint density at radius 2 is 1.88 bits per heavy atom. The summed E-state index contributed by atoms with van der Waals surface area (Å²) in [5.41, 5.74) is 1.20. The molecule has 16 heavy (non-hydrogen) atoms. The smallest absolute Gasteiger partial charge is 0.0346 e. The number of hydrogen-bond acceptors (Lipinski definition) is 1. The van der Waals surface area contributed by atoms with Crippen LogP contribution in [0.4, 0.5) is 5.69 Å². The minimum atomic E-state index is 1.00. The van der Waals surface area contributed by atoms with Gasteiger partial charge in [-0.15, -0.1) is 6.58 Å². The van der Waals surface area contributed by atoms with E-state index in [-0.39, 0.29) is 0 Å². The van der Waals surface area contributed by atoms with E-state index in [2.05, 4.69) is 54.4 Å². The third-order valence-corrected chi connectivity index (χ3v) is 2.66. The third kappa shape index (κ3) is 2.63. The van der Waals surface area contributed by atoms with Gasteiger partial charge < -0.3 is 5.32 Å². The Balaban J connectivity index is 2.05. The summed E-state index contributed by atoms with van der Waals surface area (Å²) in [6.45, 7) is 4.72. The number of unbranched alkanes of at least 4 members (excludes halogenated alkanes) is 1. The highest BCUT2D eigenvalue weighted by molar-refractivity contribution is 5.85. The first-order valence-electron chi connectivity index (χ1n) is 5.74. The Kier molecular flexibility index (Phi) is 3.60. The summed E-state index contributed by atoms with van der Waals surface area (Å²) < 4.78 is 0. The molecule has 0 unspecified atom stereocenters. The largest absolute Gasteiger partial charge is 0.385 e. The van der Waals surface area contributed by atoms with Crippen molar-refractivity contribution in [3.8, 4) is 0 Å². The molecule has 0 atom stereocenters. The average molecular weight is 211 g/mol. The van der Waals surface area contributed by atoms with E-state index in [9.17, 15) is 0 Å². The van der Waals surface area contributed by atoms with Crippen LogP contribution in [-0.2, 0) is 0 Å². The molecule has 0 aliphatic heterocycles. The topological polar surface area (TPSA) is 12.0 Å². The summed E-state index contributed by atoms with van der Waals surface area (Å²) >= 11 is 0. The zero-order valence-corrected chi connectivity index (χ0v) is 9.45. The van der Waals surface area contributed by atoms with Gasteiger partial charge in [0, 0.05) is 12.2 Å². The Hall–Kier alpha value is -1.76. The van der Waals surface area contributed by atoms with Crippen molar-refractivity contribution in [3.05, 3.63) is 55.1 Å². The summed E-state index contributed by atoms with van der Waals surface area (Å²) in [7, 11) is 0. The fourth-order valence-corrected chi connectivity index (χ4v) is 1.78. The van der Waals surface area contributed by atoms with Crippen molar-refractivity contribution in [3.63, 3.8) is 0 Å². The molecule has 0 saturated heterocycles. The average Bonchev–Trinajstić information content (AvgIpc) is 2.34. The van der Waals surface area contributed by atoms with Gasteiger partial charge in [-0.05, 0) is 35.7 Å². The fraction of sp³-hybridized carbons (Fsp3) is 0.200. The van der Waals surface area contributed by atoms with Crippen LogP contribution in [0.25, 0.3) is 10.8 Å². The van der Waals surface area contributed by atoms with Gasteiger partial charge >= 0.3 is 0 Å². The maximum atomic E-state index is 3.72. The molecular formula is C15H17N. The molecule has 2 rings (SSSR count). The molecule has 2 aromatic carbocycles. The molecule has 0 aliphatic rings. The van der Waals surface area contributed by atoms with Gasteiger partial charge in [-0.25, -0.2) is 0 Å². The first-order chi connectivity index (χ1) is 7.90. The van der Waals surface area contributed by atoms with E-state index < -0.39 is 0 Å². The first kappa shape index (κ1) is 10.7. The van der Waals surface area contributed by atoms with Crippen molar-refractivity contribution in [2.75, 3.05) is 11.9 Å². The van der Waals surface area contributed by atoms with E-state index in [0.717, 1.165) is 19.4 Å². The lowest BCUT2D eigenvalue weighted by Crippen LogP contribution is -2.00. The van der Waals surface area contributed by atoms with E-state index in [1.54, 1.807) is 0 Å². The predicted molar refractivity (Wildman–Crippen MR) is 71.9 cm³/mol. The number of benzene rings is 2. The second-order valence-corrected chi connectivity index (χ2v) is 3.92.